The van der Waals surface area contributed by atoms with Crippen LogP contribution in [0, 0.1) is 0 Å². The molecule has 1 aliphatic rings. The lowest BCUT2D eigenvalue weighted by molar-refractivity contribution is -0.130. The minimum absolute atomic E-state index is 0.0473. The van der Waals surface area contributed by atoms with E-state index in [0.29, 0.717) is 28.7 Å². The highest BCUT2D eigenvalue weighted by atomic mass is 35.5. The number of halogens is 2. The average Bonchev–Trinajstić information content (AvgIpc) is 2.68. The highest BCUT2D eigenvalue weighted by Gasteiger charge is 2.21. The number of carbonyl (C=O) groups is 2. The van der Waals surface area contributed by atoms with E-state index in [-0.39, 0.29) is 18.4 Å². The lowest BCUT2D eigenvalue weighted by atomic mass is 10.2. The largest absolute Gasteiger partial charge is 0.368 e. The molecule has 26 heavy (non-hydrogen) atoms. The summed E-state index contributed by atoms with van der Waals surface area (Å²) in [5.74, 6) is -0.458. The fourth-order valence-electron chi connectivity index (χ4n) is 2.78. The number of benzene rings is 1. The van der Waals surface area contributed by atoms with Crippen LogP contribution in [0.15, 0.2) is 42.7 Å². The summed E-state index contributed by atoms with van der Waals surface area (Å²) in [6, 6.07) is 8.52. The summed E-state index contributed by atoms with van der Waals surface area (Å²) >= 11 is 11.7. The third-order valence-corrected chi connectivity index (χ3v) is 4.98. The molecule has 3 rings (SSSR count). The number of hydrogen-bond donors (Lipinski definition) is 1. The summed E-state index contributed by atoms with van der Waals surface area (Å²) in [4.78, 5) is 32.4. The average molecular weight is 393 g/mol. The molecule has 1 aromatic carbocycles. The van der Waals surface area contributed by atoms with Crippen LogP contribution in [0.3, 0.4) is 0 Å². The van der Waals surface area contributed by atoms with Crippen LogP contribution in [-0.2, 0) is 4.79 Å². The number of piperazine rings is 1. The second kappa shape index (κ2) is 8.38. The number of hydrogen-bond acceptors (Lipinski definition) is 4. The first-order chi connectivity index (χ1) is 12.5. The van der Waals surface area contributed by atoms with Gasteiger partial charge in [0.25, 0.3) is 5.91 Å². The van der Waals surface area contributed by atoms with Crippen molar-refractivity contribution < 1.29 is 9.59 Å². The third kappa shape index (κ3) is 4.45. The van der Waals surface area contributed by atoms with Gasteiger partial charge in [-0.1, -0.05) is 23.2 Å². The molecule has 1 aromatic heterocycles. The van der Waals surface area contributed by atoms with E-state index in [2.05, 4.69) is 15.2 Å². The summed E-state index contributed by atoms with van der Waals surface area (Å²) in [6.45, 7) is 2.68. The van der Waals surface area contributed by atoms with Gasteiger partial charge in [-0.15, -0.1) is 0 Å². The predicted octanol–water partition coefficient (Wildman–Crippen LogP) is 2.47. The molecule has 1 N–H and O–H groups in total. The lowest BCUT2D eigenvalue weighted by Gasteiger charge is -2.36. The van der Waals surface area contributed by atoms with Gasteiger partial charge in [-0.05, 0) is 30.3 Å². The second-order valence-electron chi connectivity index (χ2n) is 5.88. The van der Waals surface area contributed by atoms with Gasteiger partial charge in [-0.25, -0.2) is 0 Å². The van der Waals surface area contributed by atoms with Gasteiger partial charge in [-0.2, -0.15) is 0 Å². The molecule has 2 aromatic rings. The first-order valence-corrected chi connectivity index (χ1v) is 8.96. The van der Waals surface area contributed by atoms with Gasteiger partial charge >= 0.3 is 0 Å². The zero-order valence-electron chi connectivity index (χ0n) is 14.0. The maximum atomic E-state index is 12.3. The van der Waals surface area contributed by atoms with Crippen LogP contribution in [-0.4, -0.2) is 54.4 Å². The van der Waals surface area contributed by atoms with Crippen molar-refractivity contribution in [1.82, 2.24) is 15.2 Å². The van der Waals surface area contributed by atoms with Crippen LogP contribution >= 0.6 is 23.2 Å². The summed E-state index contributed by atoms with van der Waals surface area (Å²) in [5, 5.41) is 3.32. The SMILES string of the molecule is O=C(NCC(=O)N1CCN(c2ccncc2)CC1)c1ccc(Cl)c(Cl)c1. The van der Waals surface area contributed by atoms with Gasteiger partial charge in [0.15, 0.2) is 0 Å². The first-order valence-electron chi connectivity index (χ1n) is 8.20. The Morgan fingerprint density at radius 2 is 1.69 bits per heavy atom. The number of anilines is 1. The Kier molecular flexibility index (Phi) is 5.96. The smallest absolute Gasteiger partial charge is 0.251 e. The molecule has 1 saturated heterocycles. The van der Waals surface area contributed by atoms with E-state index in [1.165, 1.54) is 6.07 Å². The van der Waals surface area contributed by atoms with Crippen molar-refractivity contribution in [1.29, 1.82) is 0 Å². The van der Waals surface area contributed by atoms with E-state index < -0.39 is 0 Å². The van der Waals surface area contributed by atoms with E-state index in [4.69, 9.17) is 23.2 Å². The van der Waals surface area contributed by atoms with Gasteiger partial charge in [0, 0.05) is 49.8 Å². The first kappa shape index (κ1) is 18.5. The molecule has 2 amide bonds. The van der Waals surface area contributed by atoms with Gasteiger partial charge < -0.3 is 15.1 Å². The van der Waals surface area contributed by atoms with Crippen molar-refractivity contribution in [2.45, 2.75) is 0 Å². The van der Waals surface area contributed by atoms with Gasteiger partial charge in [0.2, 0.25) is 5.91 Å². The number of carbonyl (C=O) groups excluding carboxylic acids is 2. The van der Waals surface area contributed by atoms with E-state index in [1.54, 1.807) is 29.4 Å². The van der Waals surface area contributed by atoms with Crippen molar-refractivity contribution >= 4 is 40.7 Å². The molecule has 1 aliphatic heterocycles. The van der Waals surface area contributed by atoms with Crippen LogP contribution in [0.2, 0.25) is 10.0 Å². The Morgan fingerprint density at radius 1 is 1.00 bits per heavy atom. The van der Waals surface area contributed by atoms with Gasteiger partial charge in [0.05, 0.1) is 16.6 Å². The Labute approximate surface area is 161 Å². The summed E-state index contributed by atoms with van der Waals surface area (Å²) in [5.41, 5.74) is 1.47. The number of amides is 2. The molecule has 6 nitrogen and oxygen atoms in total. The molecule has 136 valence electrons. The Hall–Kier alpha value is -2.31. The Morgan fingerprint density at radius 3 is 2.35 bits per heavy atom. The number of nitrogens with zero attached hydrogens (tertiary/aromatic N) is 3. The number of rotatable bonds is 4. The van der Waals surface area contributed by atoms with Crippen molar-refractivity contribution in [3.63, 3.8) is 0 Å². The zero-order chi connectivity index (χ0) is 18.5. The molecule has 0 saturated carbocycles. The fraction of sp³-hybridized carbons (Fsp3) is 0.278. The molecule has 0 bridgehead atoms. The van der Waals surface area contributed by atoms with Crippen molar-refractivity contribution in [3.05, 3.63) is 58.3 Å². The number of nitrogens with one attached hydrogen (secondary N) is 1. The van der Waals surface area contributed by atoms with Crippen molar-refractivity contribution in [2.75, 3.05) is 37.6 Å². The van der Waals surface area contributed by atoms with Crippen LogP contribution < -0.4 is 10.2 Å². The molecule has 8 heteroatoms. The summed E-state index contributed by atoms with van der Waals surface area (Å²) in [7, 11) is 0. The monoisotopic (exact) mass is 392 g/mol. The quantitative estimate of drug-likeness (QED) is 0.867. The Balaban J connectivity index is 1.48. The minimum Gasteiger partial charge on any atom is -0.368 e. The fourth-order valence-corrected chi connectivity index (χ4v) is 3.07. The van der Waals surface area contributed by atoms with Crippen molar-refractivity contribution in [3.8, 4) is 0 Å². The molecular formula is C18H18Cl2N4O2. The predicted molar refractivity (Wildman–Crippen MR) is 102 cm³/mol. The molecule has 0 atom stereocenters. The van der Waals surface area contributed by atoms with Gasteiger partial charge in [0.1, 0.15) is 0 Å². The van der Waals surface area contributed by atoms with Crippen LogP contribution in [0.25, 0.3) is 0 Å². The van der Waals surface area contributed by atoms with E-state index in [1.807, 2.05) is 12.1 Å². The van der Waals surface area contributed by atoms with Gasteiger partial charge in [-0.3, -0.25) is 14.6 Å². The topological polar surface area (TPSA) is 65.5 Å². The molecule has 0 spiro atoms. The molecule has 0 radical (unpaired) electrons. The number of pyridine rings is 1. The zero-order valence-corrected chi connectivity index (χ0v) is 15.5. The summed E-state index contributed by atoms with van der Waals surface area (Å²) in [6.07, 6.45) is 3.51. The maximum Gasteiger partial charge on any atom is 0.251 e. The third-order valence-electron chi connectivity index (χ3n) is 4.24. The second-order valence-corrected chi connectivity index (χ2v) is 6.70. The molecule has 0 aliphatic carbocycles. The maximum absolute atomic E-state index is 12.3. The van der Waals surface area contributed by atoms with E-state index in [9.17, 15) is 9.59 Å². The highest BCUT2D eigenvalue weighted by molar-refractivity contribution is 6.42. The van der Waals surface area contributed by atoms with Crippen molar-refractivity contribution in [2.24, 2.45) is 0 Å². The van der Waals surface area contributed by atoms with E-state index >= 15 is 0 Å². The minimum atomic E-state index is -0.354. The highest BCUT2D eigenvalue weighted by Crippen LogP contribution is 2.22. The Bertz CT molecular complexity index is 793. The molecule has 1 fully saturated rings. The standard InChI is InChI=1S/C18H18Cl2N4O2/c19-15-2-1-13(11-16(15)20)18(26)22-12-17(25)24-9-7-23(8-10-24)14-3-5-21-6-4-14/h1-6,11H,7-10,12H2,(H,22,26). The molecular weight excluding hydrogens is 375 g/mol. The summed E-state index contributed by atoms with van der Waals surface area (Å²) < 4.78 is 0. The molecule has 0 unspecified atom stereocenters. The molecule has 2 heterocycles. The number of aromatic nitrogens is 1. The normalized spacial score (nSPS) is 14.2. The lowest BCUT2D eigenvalue weighted by Crippen LogP contribution is -2.51. The van der Waals surface area contributed by atoms with Crippen LogP contribution in [0.4, 0.5) is 5.69 Å². The van der Waals surface area contributed by atoms with E-state index in [0.717, 1.165) is 18.8 Å². The van der Waals surface area contributed by atoms with Crippen LogP contribution in [0.5, 0.6) is 0 Å². The van der Waals surface area contributed by atoms with Crippen LogP contribution in [0.1, 0.15) is 10.4 Å².